The number of halogens is 5. The maximum Gasteiger partial charge on any atom is 0.418 e. The van der Waals surface area contributed by atoms with Crippen LogP contribution in [0.2, 0.25) is 10.0 Å². The van der Waals surface area contributed by atoms with Gasteiger partial charge in [0.05, 0.1) is 28.4 Å². The van der Waals surface area contributed by atoms with Crippen molar-refractivity contribution >= 4 is 50.5 Å². The van der Waals surface area contributed by atoms with E-state index in [1.165, 1.54) is 42.5 Å². The number of amides is 1. The number of hydrogen-bond acceptors (Lipinski definition) is 4. The molecule has 3 aromatic rings. The Kier molecular flexibility index (Phi) is 6.41. The highest BCUT2D eigenvalue weighted by Crippen LogP contribution is 2.39. The fourth-order valence-electron chi connectivity index (χ4n) is 3.37. The van der Waals surface area contributed by atoms with E-state index < -0.39 is 46.0 Å². The van der Waals surface area contributed by atoms with Crippen molar-refractivity contribution in [2.75, 3.05) is 16.2 Å². The van der Waals surface area contributed by atoms with Gasteiger partial charge in [-0.2, -0.15) is 13.2 Å². The average Bonchev–Trinajstić information content (AvgIpc) is 2.79. The van der Waals surface area contributed by atoms with Gasteiger partial charge in [-0.05, 0) is 54.6 Å². The predicted octanol–water partition coefficient (Wildman–Crippen LogP) is 5.61. The molecule has 4 rings (SSSR count). The van der Waals surface area contributed by atoms with Crippen LogP contribution >= 0.6 is 23.2 Å². The van der Waals surface area contributed by atoms with Gasteiger partial charge in [0.2, 0.25) is 0 Å². The number of carbonyl (C=O) groups is 1. The van der Waals surface area contributed by atoms with Crippen molar-refractivity contribution in [3.05, 3.63) is 82.3 Å². The summed E-state index contributed by atoms with van der Waals surface area (Å²) in [5.41, 5.74) is -1.49. The standard InChI is InChI=1S/C22H15Cl2F3N2O4S/c23-13-5-8-15(9-6-13)34(31,32)29-12-20(33-19-4-2-1-3-18(19)29)21(30)28-17-10-7-14(24)11-16(17)22(25,26)27/h1-11,20H,12H2,(H,28,30). The number of rotatable bonds is 4. The second-order valence-electron chi connectivity index (χ2n) is 7.24. The van der Waals surface area contributed by atoms with Crippen LogP contribution in [0.3, 0.4) is 0 Å². The molecule has 0 aromatic heterocycles. The summed E-state index contributed by atoms with van der Waals surface area (Å²) >= 11 is 11.5. The van der Waals surface area contributed by atoms with Gasteiger partial charge in [-0.25, -0.2) is 8.42 Å². The fraction of sp³-hybridized carbons (Fsp3) is 0.136. The molecule has 1 N–H and O–H groups in total. The molecule has 1 amide bonds. The average molecular weight is 531 g/mol. The van der Waals surface area contributed by atoms with Gasteiger partial charge in [-0.3, -0.25) is 9.10 Å². The number of alkyl halides is 3. The predicted molar refractivity (Wildman–Crippen MR) is 122 cm³/mol. The smallest absolute Gasteiger partial charge is 0.418 e. The van der Waals surface area contributed by atoms with Gasteiger partial charge >= 0.3 is 6.18 Å². The van der Waals surface area contributed by atoms with Crippen LogP contribution in [-0.4, -0.2) is 27.0 Å². The first-order chi connectivity index (χ1) is 16.0. The van der Waals surface area contributed by atoms with E-state index >= 15 is 0 Å². The molecule has 178 valence electrons. The molecular formula is C22H15Cl2F3N2O4S. The van der Waals surface area contributed by atoms with E-state index in [1.54, 1.807) is 12.1 Å². The van der Waals surface area contributed by atoms with Gasteiger partial charge in [0, 0.05) is 10.0 Å². The topological polar surface area (TPSA) is 75.7 Å². The van der Waals surface area contributed by atoms with E-state index in [0.717, 1.165) is 10.4 Å². The molecule has 0 saturated carbocycles. The number of hydrogen-bond donors (Lipinski definition) is 1. The molecule has 0 fully saturated rings. The monoisotopic (exact) mass is 530 g/mol. The highest BCUT2D eigenvalue weighted by molar-refractivity contribution is 7.92. The first-order valence-electron chi connectivity index (χ1n) is 9.68. The van der Waals surface area contributed by atoms with Crippen molar-refractivity contribution in [1.82, 2.24) is 0 Å². The number of nitrogens with zero attached hydrogens (tertiary/aromatic N) is 1. The highest BCUT2D eigenvalue weighted by atomic mass is 35.5. The molecule has 6 nitrogen and oxygen atoms in total. The number of sulfonamides is 1. The number of carbonyl (C=O) groups excluding carboxylic acids is 1. The van der Waals surface area contributed by atoms with Crippen LogP contribution in [0.1, 0.15) is 5.56 Å². The molecule has 34 heavy (non-hydrogen) atoms. The number of ether oxygens (including phenoxy) is 1. The minimum Gasteiger partial charge on any atom is -0.476 e. The Morgan fingerprint density at radius 3 is 2.32 bits per heavy atom. The lowest BCUT2D eigenvalue weighted by atomic mass is 10.1. The second kappa shape index (κ2) is 9.01. The molecule has 1 atom stereocenters. The van der Waals surface area contributed by atoms with E-state index in [0.29, 0.717) is 11.1 Å². The number of para-hydroxylation sites is 2. The summed E-state index contributed by atoms with van der Waals surface area (Å²) < 4.78 is 73.6. The lowest BCUT2D eigenvalue weighted by Gasteiger charge is -2.34. The molecule has 1 unspecified atom stereocenters. The normalized spacial score (nSPS) is 15.9. The summed E-state index contributed by atoms with van der Waals surface area (Å²) in [5.74, 6) is -0.878. The highest BCUT2D eigenvalue weighted by Gasteiger charge is 2.39. The first kappa shape index (κ1) is 24.2. The number of anilines is 2. The zero-order chi connectivity index (χ0) is 24.7. The third-order valence-electron chi connectivity index (χ3n) is 4.97. The molecule has 1 aliphatic heterocycles. The van der Waals surface area contributed by atoms with Gasteiger partial charge < -0.3 is 10.1 Å². The molecule has 1 heterocycles. The van der Waals surface area contributed by atoms with Gasteiger partial charge in [-0.15, -0.1) is 0 Å². The summed E-state index contributed by atoms with van der Waals surface area (Å²) in [7, 11) is -4.15. The van der Waals surface area contributed by atoms with Crippen LogP contribution in [0, 0.1) is 0 Å². The van der Waals surface area contributed by atoms with Crippen LogP contribution in [0.5, 0.6) is 5.75 Å². The van der Waals surface area contributed by atoms with Crippen molar-refractivity contribution in [2.45, 2.75) is 17.2 Å². The second-order valence-corrected chi connectivity index (χ2v) is 9.98. The molecule has 0 saturated heterocycles. The van der Waals surface area contributed by atoms with Crippen LogP contribution in [0.15, 0.2) is 71.6 Å². The maximum atomic E-state index is 13.4. The first-order valence-corrected chi connectivity index (χ1v) is 11.9. The molecule has 0 radical (unpaired) electrons. The third-order valence-corrected chi connectivity index (χ3v) is 7.25. The molecule has 0 spiro atoms. The van der Waals surface area contributed by atoms with Crippen LogP contribution in [0.4, 0.5) is 24.5 Å². The number of nitrogens with one attached hydrogen (secondary N) is 1. The third kappa shape index (κ3) is 4.79. The SMILES string of the molecule is O=C(Nc1ccc(Cl)cc1C(F)(F)F)C1CN(S(=O)(=O)c2ccc(Cl)cc2)c2ccccc2O1. The zero-order valence-corrected chi connectivity index (χ0v) is 19.3. The van der Waals surface area contributed by atoms with E-state index in [4.69, 9.17) is 27.9 Å². The van der Waals surface area contributed by atoms with Gasteiger partial charge in [0.1, 0.15) is 5.75 Å². The van der Waals surface area contributed by atoms with Crippen molar-refractivity contribution < 1.29 is 31.1 Å². The van der Waals surface area contributed by atoms with Crippen LogP contribution in [0.25, 0.3) is 0 Å². The molecular weight excluding hydrogens is 516 g/mol. The minimum absolute atomic E-state index is 0.0789. The van der Waals surface area contributed by atoms with Crippen molar-refractivity contribution in [3.8, 4) is 5.75 Å². The van der Waals surface area contributed by atoms with E-state index in [-0.39, 0.29) is 21.4 Å². The minimum atomic E-state index is -4.78. The molecule has 0 aliphatic carbocycles. The Bertz CT molecular complexity index is 1350. The quantitative estimate of drug-likeness (QED) is 0.475. The summed E-state index contributed by atoms with van der Waals surface area (Å²) in [6.07, 6.45) is -6.22. The fourth-order valence-corrected chi connectivity index (χ4v) is 5.15. The van der Waals surface area contributed by atoms with Gasteiger partial charge in [0.15, 0.2) is 6.10 Å². The van der Waals surface area contributed by atoms with Gasteiger partial charge in [0.25, 0.3) is 15.9 Å². The molecule has 12 heteroatoms. The van der Waals surface area contributed by atoms with E-state index in [9.17, 15) is 26.4 Å². The maximum absolute atomic E-state index is 13.4. The summed E-state index contributed by atoms with van der Waals surface area (Å²) in [6.45, 7) is -0.469. The zero-order valence-electron chi connectivity index (χ0n) is 17.0. The Morgan fingerprint density at radius 2 is 1.65 bits per heavy atom. The van der Waals surface area contributed by atoms with Crippen molar-refractivity contribution in [1.29, 1.82) is 0 Å². The Labute approximate surface area is 202 Å². The molecule has 0 bridgehead atoms. The Morgan fingerprint density at radius 1 is 1.00 bits per heavy atom. The lowest BCUT2D eigenvalue weighted by Crippen LogP contribution is -2.49. The number of fused-ring (bicyclic) bond motifs is 1. The molecule has 1 aliphatic rings. The van der Waals surface area contributed by atoms with Crippen LogP contribution < -0.4 is 14.4 Å². The lowest BCUT2D eigenvalue weighted by molar-refractivity contribution is -0.137. The van der Waals surface area contributed by atoms with Crippen LogP contribution in [-0.2, 0) is 21.0 Å². The van der Waals surface area contributed by atoms with E-state index in [1.807, 2.05) is 0 Å². The summed E-state index contributed by atoms with van der Waals surface area (Å²) in [4.78, 5) is 12.8. The largest absolute Gasteiger partial charge is 0.476 e. The van der Waals surface area contributed by atoms with Crippen molar-refractivity contribution in [3.63, 3.8) is 0 Å². The Balaban J connectivity index is 1.68. The number of benzene rings is 3. The summed E-state index contributed by atoms with van der Waals surface area (Å²) in [5, 5.41) is 2.36. The van der Waals surface area contributed by atoms with Crippen molar-refractivity contribution in [2.24, 2.45) is 0 Å². The van der Waals surface area contributed by atoms with E-state index in [2.05, 4.69) is 5.32 Å². The molecule has 3 aromatic carbocycles. The Hall–Kier alpha value is -2.95. The van der Waals surface area contributed by atoms with Gasteiger partial charge in [-0.1, -0.05) is 35.3 Å². The summed E-state index contributed by atoms with van der Waals surface area (Å²) in [6, 6.07) is 14.5.